The van der Waals surface area contributed by atoms with Crippen LogP contribution in [0, 0.1) is 0 Å². The first-order chi connectivity index (χ1) is 9.12. The number of aromatic nitrogens is 2. The van der Waals surface area contributed by atoms with Crippen LogP contribution in [0.3, 0.4) is 0 Å². The van der Waals surface area contributed by atoms with Gasteiger partial charge < -0.3 is 5.73 Å². The Kier molecular flexibility index (Phi) is 4.70. The zero-order valence-corrected chi connectivity index (χ0v) is 12.0. The monoisotopic (exact) mass is 300 g/mol. The molecule has 6 nitrogen and oxygen atoms in total. The highest BCUT2D eigenvalue weighted by Crippen LogP contribution is 2.19. The highest BCUT2D eigenvalue weighted by Gasteiger charge is 2.15. The molecule has 0 atom stereocenters. The normalized spacial score (nSPS) is 11.8. The summed E-state index contributed by atoms with van der Waals surface area (Å²) in [6.45, 7) is 1.43. The largest absolute Gasteiger partial charge is 0.326 e. The van der Waals surface area contributed by atoms with Crippen molar-refractivity contribution in [2.45, 2.75) is 23.7 Å². The van der Waals surface area contributed by atoms with E-state index in [1.807, 2.05) is 12.3 Å². The second kappa shape index (κ2) is 6.29. The van der Waals surface area contributed by atoms with Gasteiger partial charge in [-0.15, -0.1) is 11.3 Å². The summed E-state index contributed by atoms with van der Waals surface area (Å²) in [4.78, 5) is 0. The molecule has 0 unspecified atom stereocenters. The van der Waals surface area contributed by atoms with Gasteiger partial charge >= 0.3 is 0 Å². The molecule has 0 saturated carbocycles. The van der Waals surface area contributed by atoms with E-state index in [1.54, 1.807) is 22.3 Å². The fourth-order valence-electron chi connectivity index (χ4n) is 1.55. The maximum atomic E-state index is 12.0. The average molecular weight is 300 g/mol. The summed E-state index contributed by atoms with van der Waals surface area (Å²) in [6.07, 6.45) is 4.24. The molecule has 0 radical (unpaired) electrons. The number of thiophene rings is 1. The van der Waals surface area contributed by atoms with Crippen LogP contribution in [0.4, 0.5) is 0 Å². The van der Waals surface area contributed by atoms with E-state index in [9.17, 15) is 8.42 Å². The maximum Gasteiger partial charge on any atom is 0.250 e. The third-order valence-corrected chi connectivity index (χ3v) is 5.49. The number of rotatable bonds is 7. The SMILES string of the molecule is NCc1csc(S(=O)(=O)NCCCn2cccn2)c1. The van der Waals surface area contributed by atoms with E-state index in [2.05, 4.69) is 9.82 Å². The third kappa shape index (κ3) is 3.87. The summed E-state index contributed by atoms with van der Waals surface area (Å²) in [7, 11) is -3.41. The Hall–Kier alpha value is -1.22. The standard InChI is InChI=1S/C11H16N4O2S2/c12-8-10-7-11(18-9-10)19(16,17)14-4-2-6-15-5-1-3-13-15/h1,3,5,7,9,14H,2,4,6,8,12H2. The smallest absolute Gasteiger partial charge is 0.250 e. The lowest BCUT2D eigenvalue weighted by Crippen LogP contribution is -2.25. The van der Waals surface area contributed by atoms with Crippen LogP contribution < -0.4 is 10.5 Å². The van der Waals surface area contributed by atoms with Crippen molar-refractivity contribution in [1.29, 1.82) is 0 Å². The summed E-state index contributed by atoms with van der Waals surface area (Å²) in [6, 6.07) is 3.45. The maximum absolute atomic E-state index is 12.0. The van der Waals surface area contributed by atoms with Crippen LogP contribution in [0.15, 0.2) is 34.1 Å². The first-order valence-corrected chi connectivity index (χ1v) is 8.22. The van der Waals surface area contributed by atoms with E-state index in [4.69, 9.17) is 5.73 Å². The summed E-state index contributed by atoms with van der Waals surface area (Å²) in [5.74, 6) is 0. The van der Waals surface area contributed by atoms with Crippen LogP contribution in [0.1, 0.15) is 12.0 Å². The van der Waals surface area contributed by atoms with Gasteiger partial charge in [0, 0.05) is 32.0 Å². The molecule has 0 aliphatic heterocycles. The fourth-order valence-corrected chi connectivity index (χ4v) is 3.89. The second-order valence-electron chi connectivity index (χ2n) is 4.00. The summed E-state index contributed by atoms with van der Waals surface area (Å²) in [5, 5.41) is 5.81. The molecule has 0 fully saturated rings. The van der Waals surface area contributed by atoms with Crippen molar-refractivity contribution in [1.82, 2.24) is 14.5 Å². The molecule has 0 aliphatic rings. The van der Waals surface area contributed by atoms with Crippen molar-refractivity contribution in [3.05, 3.63) is 35.5 Å². The number of nitrogens with one attached hydrogen (secondary N) is 1. The Bertz CT molecular complexity index is 604. The van der Waals surface area contributed by atoms with Crippen molar-refractivity contribution in [3.8, 4) is 0 Å². The van der Waals surface area contributed by atoms with Gasteiger partial charge in [0.25, 0.3) is 0 Å². The zero-order chi connectivity index (χ0) is 13.7. The van der Waals surface area contributed by atoms with E-state index >= 15 is 0 Å². The molecule has 19 heavy (non-hydrogen) atoms. The van der Waals surface area contributed by atoms with Crippen molar-refractivity contribution in [2.24, 2.45) is 5.73 Å². The Morgan fingerprint density at radius 1 is 1.47 bits per heavy atom. The lowest BCUT2D eigenvalue weighted by molar-refractivity contribution is 0.554. The minimum atomic E-state index is -3.41. The van der Waals surface area contributed by atoms with Gasteiger partial charge in [-0.1, -0.05) is 0 Å². The summed E-state index contributed by atoms with van der Waals surface area (Å²) in [5.41, 5.74) is 6.30. The summed E-state index contributed by atoms with van der Waals surface area (Å²) < 4.78 is 28.6. The van der Waals surface area contributed by atoms with Gasteiger partial charge in [-0.05, 0) is 29.5 Å². The van der Waals surface area contributed by atoms with Gasteiger partial charge in [-0.3, -0.25) is 4.68 Å². The number of hydrogen-bond donors (Lipinski definition) is 2. The quantitative estimate of drug-likeness (QED) is 0.739. The van der Waals surface area contributed by atoms with Crippen LogP contribution in [0.5, 0.6) is 0 Å². The molecule has 104 valence electrons. The highest BCUT2D eigenvalue weighted by atomic mass is 32.2. The zero-order valence-electron chi connectivity index (χ0n) is 10.3. The lowest BCUT2D eigenvalue weighted by atomic mass is 10.4. The molecule has 2 heterocycles. The predicted octanol–water partition coefficient (Wildman–Crippen LogP) is 0.772. The van der Waals surface area contributed by atoms with Gasteiger partial charge in [0.1, 0.15) is 4.21 Å². The Morgan fingerprint density at radius 3 is 2.95 bits per heavy atom. The van der Waals surface area contributed by atoms with Crippen LogP contribution in [-0.4, -0.2) is 24.7 Å². The molecule has 0 aliphatic carbocycles. The molecule has 2 aromatic rings. The van der Waals surface area contributed by atoms with Crippen molar-refractivity contribution in [2.75, 3.05) is 6.54 Å². The molecule has 0 saturated heterocycles. The second-order valence-corrected chi connectivity index (χ2v) is 6.90. The van der Waals surface area contributed by atoms with Gasteiger partial charge in [-0.2, -0.15) is 5.10 Å². The lowest BCUT2D eigenvalue weighted by Gasteiger charge is -2.04. The number of nitrogens with two attached hydrogens (primary N) is 1. The number of hydrogen-bond acceptors (Lipinski definition) is 5. The third-order valence-electron chi connectivity index (χ3n) is 2.55. The molecule has 0 aromatic carbocycles. The van der Waals surface area contributed by atoms with Gasteiger partial charge in [0.2, 0.25) is 10.0 Å². The van der Waals surface area contributed by atoms with E-state index < -0.39 is 10.0 Å². The van der Waals surface area contributed by atoms with Gasteiger partial charge in [0.05, 0.1) is 0 Å². The molecular formula is C11H16N4O2S2. The van der Waals surface area contributed by atoms with E-state index in [1.165, 1.54) is 11.3 Å². The first kappa shape index (κ1) is 14.2. The molecule has 0 bridgehead atoms. The molecule has 2 aromatic heterocycles. The molecule has 0 spiro atoms. The van der Waals surface area contributed by atoms with Crippen molar-refractivity contribution in [3.63, 3.8) is 0 Å². The minimum Gasteiger partial charge on any atom is -0.326 e. The molecule has 0 amide bonds. The Morgan fingerprint density at radius 2 is 2.32 bits per heavy atom. The number of sulfonamides is 1. The van der Waals surface area contributed by atoms with Gasteiger partial charge in [0.15, 0.2) is 0 Å². The van der Waals surface area contributed by atoms with Crippen molar-refractivity contribution >= 4 is 21.4 Å². The minimum absolute atomic E-state index is 0.312. The molecule has 3 N–H and O–H groups in total. The van der Waals surface area contributed by atoms with E-state index in [0.29, 0.717) is 30.3 Å². The van der Waals surface area contributed by atoms with Gasteiger partial charge in [-0.25, -0.2) is 13.1 Å². The fraction of sp³-hybridized carbons (Fsp3) is 0.364. The molecule has 8 heteroatoms. The van der Waals surface area contributed by atoms with Crippen molar-refractivity contribution < 1.29 is 8.42 Å². The first-order valence-electron chi connectivity index (χ1n) is 5.86. The Labute approximate surface area is 116 Å². The van der Waals surface area contributed by atoms with Crippen LogP contribution in [-0.2, 0) is 23.1 Å². The highest BCUT2D eigenvalue weighted by molar-refractivity contribution is 7.91. The molecular weight excluding hydrogens is 284 g/mol. The van der Waals surface area contributed by atoms with Crippen LogP contribution >= 0.6 is 11.3 Å². The summed E-state index contributed by atoms with van der Waals surface area (Å²) >= 11 is 1.19. The Balaban J connectivity index is 1.84. The topological polar surface area (TPSA) is 90.0 Å². The molecule has 2 rings (SSSR count). The van der Waals surface area contributed by atoms with Crippen LogP contribution in [0.25, 0.3) is 0 Å². The van der Waals surface area contributed by atoms with Crippen LogP contribution in [0.2, 0.25) is 0 Å². The number of aryl methyl sites for hydroxylation is 1. The number of nitrogens with zero attached hydrogens (tertiary/aromatic N) is 2. The predicted molar refractivity (Wildman–Crippen MR) is 74.2 cm³/mol. The van der Waals surface area contributed by atoms with E-state index in [0.717, 1.165) is 5.56 Å². The average Bonchev–Trinajstić information content (AvgIpc) is 3.05. The van der Waals surface area contributed by atoms with E-state index in [-0.39, 0.29) is 0 Å².